The number of rotatable bonds is 11. The molecule has 3 N–H and O–H groups in total. The molecule has 0 bridgehead atoms. The Morgan fingerprint density at radius 1 is 0.943 bits per heavy atom. The number of carbonyl (C=O) groups excluding carboxylic acids is 1. The molecular weight excluding hydrogens is 474 g/mol. The fourth-order valence-corrected chi connectivity index (χ4v) is 4.13. The van der Waals surface area contributed by atoms with E-state index in [-0.39, 0.29) is 22.8 Å². The number of nitrogens with one attached hydrogen (secondary N) is 1. The van der Waals surface area contributed by atoms with Gasteiger partial charge in [0.05, 0.1) is 33.1 Å². The van der Waals surface area contributed by atoms with E-state index >= 15 is 0 Å². The van der Waals surface area contributed by atoms with Crippen molar-refractivity contribution in [2.24, 2.45) is 10.8 Å². The van der Waals surface area contributed by atoms with Gasteiger partial charge in [-0.1, -0.05) is 12.1 Å². The highest BCUT2D eigenvalue weighted by Crippen LogP contribution is 2.28. The van der Waals surface area contributed by atoms with E-state index in [1.165, 1.54) is 39.7 Å². The summed E-state index contributed by atoms with van der Waals surface area (Å²) >= 11 is 0. The minimum Gasteiger partial charge on any atom is -0.497 e. The van der Waals surface area contributed by atoms with E-state index in [9.17, 15) is 13.2 Å². The van der Waals surface area contributed by atoms with Crippen LogP contribution in [0, 0.1) is 0 Å². The van der Waals surface area contributed by atoms with Gasteiger partial charge in [-0.3, -0.25) is 4.79 Å². The first-order valence-electron chi connectivity index (χ1n) is 10.2. The van der Waals surface area contributed by atoms with Crippen LogP contribution in [0.5, 0.6) is 23.0 Å². The number of carbonyl (C=O) groups is 1. The van der Waals surface area contributed by atoms with E-state index in [0.29, 0.717) is 28.4 Å². The van der Waals surface area contributed by atoms with E-state index < -0.39 is 15.9 Å². The Balaban J connectivity index is 1.79. The number of hydrogen-bond donors (Lipinski definition) is 2. The number of hydrazone groups is 1. The molecule has 0 saturated carbocycles. The van der Waals surface area contributed by atoms with Gasteiger partial charge in [-0.25, -0.2) is 0 Å². The third-order valence-electron chi connectivity index (χ3n) is 4.89. The zero-order chi connectivity index (χ0) is 25.4. The molecule has 0 radical (unpaired) electrons. The molecule has 11 heteroatoms. The lowest BCUT2D eigenvalue weighted by molar-refractivity contribution is 0.0996. The number of nitrogens with zero attached hydrogens (tertiary/aromatic N) is 1. The number of ether oxygens (including phenoxy) is 4. The average Bonchev–Trinajstić information content (AvgIpc) is 2.87. The Kier molecular flexibility index (Phi) is 8.16. The van der Waals surface area contributed by atoms with Crippen LogP contribution in [0.4, 0.5) is 0 Å². The molecule has 0 aromatic heterocycles. The second kappa shape index (κ2) is 11.3. The zero-order valence-electron chi connectivity index (χ0n) is 19.3. The van der Waals surface area contributed by atoms with Gasteiger partial charge in [-0.2, -0.15) is 18.4 Å². The van der Waals surface area contributed by atoms with Crippen LogP contribution in [-0.4, -0.2) is 41.9 Å². The van der Waals surface area contributed by atoms with Crippen LogP contribution < -0.4 is 29.5 Å². The van der Waals surface area contributed by atoms with Crippen LogP contribution in [-0.2, 0) is 16.6 Å². The first kappa shape index (κ1) is 25.4. The highest BCUT2D eigenvalue weighted by molar-refractivity contribution is 7.89. The third-order valence-corrected chi connectivity index (χ3v) is 6.13. The Labute approximate surface area is 203 Å². The maximum Gasteiger partial charge on any atom is 0.280 e. The van der Waals surface area contributed by atoms with Gasteiger partial charge >= 0.3 is 0 Å². The van der Waals surface area contributed by atoms with Gasteiger partial charge < -0.3 is 24.7 Å². The highest BCUT2D eigenvalue weighted by Gasteiger charge is 2.20. The Bertz CT molecular complexity index is 1340. The van der Waals surface area contributed by atoms with Crippen LogP contribution in [0.25, 0.3) is 0 Å². The van der Waals surface area contributed by atoms with Crippen molar-refractivity contribution in [1.82, 2.24) is 4.83 Å². The van der Waals surface area contributed by atoms with E-state index in [1.807, 2.05) is 0 Å². The largest absolute Gasteiger partial charge is 0.497 e. The van der Waals surface area contributed by atoms with Gasteiger partial charge in [0.15, 0.2) is 0 Å². The molecule has 0 spiro atoms. The third kappa shape index (κ3) is 6.21. The zero-order valence-corrected chi connectivity index (χ0v) is 20.2. The van der Waals surface area contributed by atoms with Gasteiger partial charge in [-0.05, 0) is 48.0 Å². The topological polar surface area (TPSA) is 139 Å². The SMILES string of the molecule is COc1ccc(OC)c(S(=O)(=O)N/N=C\c2ccc(OC)c(COc3ccccc3C(N)=O)c2)c1. The average molecular weight is 500 g/mol. The van der Waals surface area contributed by atoms with Crippen LogP contribution in [0.3, 0.4) is 0 Å². The fraction of sp³-hybridized carbons (Fsp3) is 0.167. The van der Waals surface area contributed by atoms with Crippen LogP contribution in [0.2, 0.25) is 0 Å². The molecule has 10 nitrogen and oxygen atoms in total. The van der Waals surface area contributed by atoms with Crippen molar-refractivity contribution in [3.63, 3.8) is 0 Å². The number of para-hydroxylation sites is 1. The number of primary amides is 1. The Hall–Kier alpha value is -4.25. The van der Waals surface area contributed by atoms with Crippen LogP contribution in [0.15, 0.2) is 70.7 Å². The summed E-state index contributed by atoms with van der Waals surface area (Å²) in [6.07, 6.45) is 1.34. The maximum atomic E-state index is 12.7. The van der Waals surface area contributed by atoms with Crippen molar-refractivity contribution in [1.29, 1.82) is 0 Å². The molecule has 0 saturated heterocycles. The van der Waals surface area contributed by atoms with Crippen molar-refractivity contribution < 1.29 is 32.2 Å². The molecule has 0 aliphatic carbocycles. The first-order valence-corrected chi connectivity index (χ1v) is 11.7. The van der Waals surface area contributed by atoms with Crippen LogP contribution in [0.1, 0.15) is 21.5 Å². The van der Waals surface area contributed by atoms with Crippen molar-refractivity contribution in [2.45, 2.75) is 11.5 Å². The lowest BCUT2D eigenvalue weighted by atomic mass is 10.1. The summed E-state index contributed by atoms with van der Waals surface area (Å²) in [6.45, 7) is 0.0713. The summed E-state index contributed by atoms with van der Waals surface area (Å²) in [5.74, 6) is 0.774. The number of hydrogen-bond acceptors (Lipinski definition) is 8. The van der Waals surface area contributed by atoms with Crippen molar-refractivity contribution in [2.75, 3.05) is 21.3 Å². The summed E-state index contributed by atoms with van der Waals surface area (Å²) in [4.78, 5) is 13.7. The van der Waals surface area contributed by atoms with Crippen molar-refractivity contribution >= 4 is 22.1 Å². The minimum atomic E-state index is -4.03. The number of benzene rings is 3. The summed E-state index contributed by atoms with van der Waals surface area (Å²) < 4.78 is 46.9. The molecule has 184 valence electrons. The molecular formula is C24H25N3O7S. The Morgan fingerprint density at radius 3 is 2.34 bits per heavy atom. The second-order valence-electron chi connectivity index (χ2n) is 7.09. The first-order chi connectivity index (χ1) is 16.8. The number of methoxy groups -OCH3 is 3. The molecule has 0 aliphatic rings. The molecule has 3 aromatic rings. The second-order valence-corrected chi connectivity index (χ2v) is 8.72. The molecule has 3 rings (SSSR count). The highest BCUT2D eigenvalue weighted by atomic mass is 32.2. The van der Waals surface area contributed by atoms with E-state index in [2.05, 4.69) is 9.93 Å². The maximum absolute atomic E-state index is 12.7. The number of amides is 1. The standard InChI is InChI=1S/C24H25N3O7S/c1-31-18-9-11-22(33-3)23(13-18)35(29,30)27-26-14-16-8-10-20(32-2)17(12-16)15-34-21-7-5-4-6-19(21)24(25)28/h4-14,27H,15H2,1-3H3,(H2,25,28)/b26-14-. The summed E-state index contributed by atoms with van der Waals surface area (Å²) in [5.41, 5.74) is 6.88. The van der Waals surface area contributed by atoms with Gasteiger partial charge in [0, 0.05) is 11.6 Å². The smallest absolute Gasteiger partial charge is 0.280 e. The lowest BCUT2D eigenvalue weighted by Gasteiger charge is -2.13. The minimum absolute atomic E-state index is 0.0713. The van der Waals surface area contributed by atoms with Crippen molar-refractivity contribution in [3.8, 4) is 23.0 Å². The molecule has 0 fully saturated rings. The van der Waals surface area contributed by atoms with Gasteiger partial charge in [0.25, 0.3) is 15.9 Å². The quantitative estimate of drug-likeness (QED) is 0.305. The molecule has 0 unspecified atom stereocenters. The van der Waals surface area contributed by atoms with E-state index in [4.69, 9.17) is 24.7 Å². The molecule has 35 heavy (non-hydrogen) atoms. The summed E-state index contributed by atoms with van der Waals surface area (Å²) in [6, 6.07) is 16.1. The fourth-order valence-electron chi connectivity index (χ4n) is 3.16. The van der Waals surface area contributed by atoms with Gasteiger partial charge in [-0.15, -0.1) is 0 Å². The predicted molar refractivity (Wildman–Crippen MR) is 130 cm³/mol. The van der Waals surface area contributed by atoms with Gasteiger partial charge in [0.1, 0.15) is 34.5 Å². The van der Waals surface area contributed by atoms with Crippen molar-refractivity contribution in [3.05, 3.63) is 77.4 Å². The normalized spacial score (nSPS) is 11.2. The molecule has 0 aliphatic heterocycles. The number of nitrogens with two attached hydrogens (primary N) is 1. The predicted octanol–water partition coefficient (Wildman–Crippen LogP) is 2.70. The summed E-state index contributed by atoms with van der Waals surface area (Å²) in [5, 5.41) is 3.87. The van der Waals surface area contributed by atoms with Gasteiger partial charge in [0.2, 0.25) is 0 Å². The van der Waals surface area contributed by atoms with E-state index in [1.54, 1.807) is 48.5 Å². The summed E-state index contributed by atoms with van der Waals surface area (Å²) in [7, 11) is 0.279. The lowest BCUT2D eigenvalue weighted by Crippen LogP contribution is -2.19. The van der Waals surface area contributed by atoms with Crippen LogP contribution >= 0.6 is 0 Å². The van der Waals surface area contributed by atoms with E-state index in [0.717, 1.165) is 0 Å². The Morgan fingerprint density at radius 2 is 1.66 bits per heavy atom. The molecule has 3 aromatic carbocycles. The molecule has 0 atom stereocenters. The molecule has 0 heterocycles. The number of sulfonamides is 1. The monoisotopic (exact) mass is 499 g/mol. The molecule has 1 amide bonds.